The minimum absolute atomic E-state index is 0.0403. The van der Waals surface area contributed by atoms with Gasteiger partial charge in [-0.25, -0.2) is 0 Å². The maximum atomic E-state index is 9.46. The number of hydrogen-bond donors (Lipinski definition) is 0. The van der Waals surface area contributed by atoms with Crippen LogP contribution in [0.3, 0.4) is 0 Å². The molecular weight excluding hydrogens is 613 g/mol. The SMILES string of the molecule is CC1(C)c2cccc3ccc4cc(-c5ccc6c(c5)sc5cc(N(c7ccc(C#N)cc7)c7ccc8ccccc8c7)ccc56)cc1c4c23. The summed E-state index contributed by atoms with van der Waals surface area (Å²) in [6.45, 7) is 4.73. The monoisotopic (exact) mass is 642 g/mol. The molecule has 0 fully saturated rings. The molecule has 0 saturated carbocycles. The van der Waals surface area contributed by atoms with E-state index in [1.807, 2.05) is 35.6 Å². The predicted molar refractivity (Wildman–Crippen MR) is 209 cm³/mol. The fourth-order valence-electron chi connectivity index (χ4n) is 8.10. The molecule has 230 valence electrons. The van der Waals surface area contributed by atoms with Gasteiger partial charge >= 0.3 is 0 Å². The van der Waals surface area contributed by atoms with Crippen molar-refractivity contribution in [2.75, 3.05) is 4.90 Å². The second kappa shape index (κ2) is 10.3. The van der Waals surface area contributed by atoms with E-state index in [4.69, 9.17) is 0 Å². The molecule has 0 N–H and O–H groups in total. The summed E-state index contributed by atoms with van der Waals surface area (Å²) < 4.78 is 2.54. The van der Waals surface area contributed by atoms with Crippen LogP contribution in [0, 0.1) is 11.3 Å². The summed E-state index contributed by atoms with van der Waals surface area (Å²) in [7, 11) is 0. The van der Waals surface area contributed by atoms with Crippen LogP contribution in [0.15, 0.2) is 146 Å². The van der Waals surface area contributed by atoms with Crippen molar-refractivity contribution in [3.05, 3.63) is 162 Å². The van der Waals surface area contributed by atoms with Gasteiger partial charge in [0.05, 0.1) is 11.6 Å². The highest BCUT2D eigenvalue weighted by Gasteiger charge is 2.34. The minimum atomic E-state index is -0.0403. The minimum Gasteiger partial charge on any atom is -0.310 e. The highest BCUT2D eigenvalue weighted by atomic mass is 32.1. The van der Waals surface area contributed by atoms with Crippen molar-refractivity contribution in [2.24, 2.45) is 0 Å². The zero-order chi connectivity index (χ0) is 32.9. The first-order valence-corrected chi connectivity index (χ1v) is 17.5. The highest BCUT2D eigenvalue weighted by molar-refractivity contribution is 7.25. The van der Waals surface area contributed by atoms with Crippen LogP contribution in [-0.2, 0) is 5.41 Å². The average molecular weight is 643 g/mol. The molecule has 0 unspecified atom stereocenters. The summed E-state index contributed by atoms with van der Waals surface area (Å²) in [6, 6.07) is 55.1. The van der Waals surface area contributed by atoms with Crippen LogP contribution in [0.2, 0.25) is 0 Å². The number of thiophene rings is 1. The van der Waals surface area contributed by atoms with Crippen LogP contribution in [0.5, 0.6) is 0 Å². The summed E-state index contributed by atoms with van der Waals surface area (Å²) in [5.74, 6) is 0. The Morgan fingerprint density at radius 2 is 1.16 bits per heavy atom. The Bertz CT molecular complexity index is 2870. The molecule has 0 bridgehead atoms. The number of benzene rings is 8. The van der Waals surface area contributed by atoms with E-state index in [-0.39, 0.29) is 5.41 Å². The van der Waals surface area contributed by atoms with Crippen molar-refractivity contribution >= 4 is 80.9 Å². The lowest BCUT2D eigenvalue weighted by Gasteiger charge is -2.26. The topological polar surface area (TPSA) is 27.0 Å². The van der Waals surface area contributed by atoms with Gasteiger partial charge in [0.25, 0.3) is 0 Å². The molecule has 1 aliphatic rings. The zero-order valence-corrected chi connectivity index (χ0v) is 28.0. The lowest BCUT2D eigenvalue weighted by Crippen LogP contribution is -2.15. The molecule has 1 aliphatic carbocycles. The first kappa shape index (κ1) is 28.1. The van der Waals surface area contributed by atoms with Crippen molar-refractivity contribution in [1.82, 2.24) is 0 Å². The number of anilines is 3. The van der Waals surface area contributed by atoms with Crippen molar-refractivity contribution in [2.45, 2.75) is 19.3 Å². The third kappa shape index (κ3) is 4.18. The molecular formula is C46H30N2S. The third-order valence-corrected chi connectivity index (χ3v) is 11.7. The van der Waals surface area contributed by atoms with Gasteiger partial charge in [-0.3, -0.25) is 0 Å². The maximum absolute atomic E-state index is 9.46. The molecule has 1 aromatic heterocycles. The molecule has 3 heteroatoms. The molecule has 9 aromatic rings. The van der Waals surface area contributed by atoms with Gasteiger partial charge in [0.2, 0.25) is 0 Å². The van der Waals surface area contributed by atoms with E-state index in [0.717, 1.165) is 17.1 Å². The van der Waals surface area contributed by atoms with Gasteiger partial charge in [-0.2, -0.15) is 5.26 Å². The average Bonchev–Trinajstić information content (AvgIpc) is 3.62. The van der Waals surface area contributed by atoms with Crippen LogP contribution >= 0.6 is 11.3 Å². The summed E-state index contributed by atoms with van der Waals surface area (Å²) in [5.41, 5.74) is 9.17. The van der Waals surface area contributed by atoms with Crippen LogP contribution in [-0.4, -0.2) is 0 Å². The van der Waals surface area contributed by atoms with Crippen molar-refractivity contribution in [3.63, 3.8) is 0 Å². The Morgan fingerprint density at radius 1 is 0.510 bits per heavy atom. The van der Waals surface area contributed by atoms with Gasteiger partial charge in [0, 0.05) is 42.6 Å². The lowest BCUT2D eigenvalue weighted by molar-refractivity contribution is 0.663. The Balaban J connectivity index is 1.10. The van der Waals surface area contributed by atoms with Crippen LogP contribution in [0.1, 0.15) is 30.5 Å². The summed E-state index contributed by atoms with van der Waals surface area (Å²) >= 11 is 1.85. The van der Waals surface area contributed by atoms with E-state index in [2.05, 4.69) is 146 Å². The standard InChI is InChI=1S/C46H30N2S/c1-46(2)40-9-5-8-30-12-13-33-22-34(24-41(46)45(33)44(30)40)32-15-20-38-39-21-19-37(26-43(39)49-42(38)25-32)48(35-16-10-28(27-47)11-17-35)36-18-14-29-6-3-4-7-31(29)23-36/h3-26H,1-2H3. The zero-order valence-electron chi connectivity index (χ0n) is 27.2. The highest BCUT2D eigenvalue weighted by Crippen LogP contribution is 2.50. The molecule has 0 amide bonds. The summed E-state index contributed by atoms with van der Waals surface area (Å²) in [6.07, 6.45) is 0. The van der Waals surface area contributed by atoms with Crippen LogP contribution in [0.4, 0.5) is 17.1 Å². The predicted octanol–water partition coefficient (Wildman–Crippen LogP) is 13.2. The van der Waals surface area contributed by atoms with Crippen LogP contribution in [0.25, 0.3) is 63.6 Å². The summed E-state index contributed by atoms with van der Waals surface area (Å²) in [5, 5.41) is 19.9. The van der Waals surface area contributed by atoms with E-state index in [0.29, 0.717) is 5.56 Å². The number of hydrogen-bond acceptors (Lipinski definition) is 3. The van der Waals surface area contributed by atoms with Gasteiger partial charge in [-0.15, -0.1) is 11.3 Å². The number of fused-ring (bicyclic) bond motifs is 4. The first-order valence-electron chi connectivity index (χ1n) is 16.7. The van der Waals surface area contributed by atoms with E-state index >= 15 is 0 Å². The Labute approximate surface area is 288 Å². The molecule has 0 radical (unpaired) electrons. The summed E-state index contributed by atoms with van der Waals surface area (Å²) in [4.78, 5) is 2.29. The van der Waals surface area contributed by atoms with Crippen molar-refractivity contribution < 1.29 is 0 Å². The van der Waals surface area contributed by atoms with Crippen molar-refractivity contribution in [3.8, 4) is 17.2 Å². The van der Waals surface area contributed by atoms with E-state index in [1.165, 1.54) is 74.7 Å². The first-order chi connectivity index (χ1) is 24.0. The third-order valence-electron chi connectivity index (χ3n) is 10.6. The van der Waals surface area contributed by atoms with Gasteiger partial charge in [-0.1, -0.05) is 92.7 Å². The Kier molecular flexibility index (Phi) is 5.89. The van der Waals surface area contributed by atoms with Gasteiger partial charge < -0.3 is 4.90 Å². The molecule has 8 aromatic carbocycles. The molecule has 49 heavy (non-hydrogen) atoms. The van der Waals surface area contributed by atoms with Gasteiger partial charge in [-0.05, 0) is 121 Å². The molecule has 2 nitrogen and oxygen atoms in total. The fourth-order valence-corrected chi connectivity index (χ4v) is 9.28. The quantitative estimate of drug-likeness (QED) is 0.179. The van der Waals surface area contributed by atoms with Gasteiger partial charge in [0.15, 0.2) is 0 Å². The second-order valence-corrected chi connectivity index (χ2v) is 14.8. The smallest absolute Gasteiger partial charge is 0.0991 e. The molecule has 10 rings (SSSR count). The fraction of sp³-hybridized carbons (Fsp3) is 0.0652. The number of nitrogens with zero attached hydrogens (tertiary/aromatic N) is 2. The largest absolute Gasteiger partial charge is 0.310 e. The molecule has 0 saturated heterocycles. The van der Waals surface area contributed by atoms with Crippen LogP contribution < -0.4 is 4.90 Å². The Morgan fingerprint density at radius 3 is 2.00 bits per heavy atom. The maximum Gasteiger partial charge on any atom is 0.0991 e. The lowest BCUT2D eigenvalue weighted by atomic mass is 9.81. The normalized spacial score (nSPS) is 13.2. The van der Waals surface area contributed by atoms with Crippen molar-refractivity contribution in [1.29, 1.82) is 5.26 Å². The molecule has 0 aliphatic heterocycles. The van der Waals surface area contributed by atoms with E-state index < -0.39 is 0 Å². The molecule has 1 heterocycles. The van der Waals surface area contributed by atoms with E-state index in [1.54, 1.807) is 0 Å². The molecule has 0 spiro atoms. The Hall–Kier alpha value is -5.95. The van der Waals surface area contributed by atoms with Gasteiger partial charge in [0.1, 0.15) is 0 Å². The molecule has 0 atom stereocenters. The van der Waals surface area contributed by atoms with E-state index in [9.17, 15) is 5.26 Å². The number of nitriles is 1. The second-order valence-electron chi connectivity index (χ2n) is 13.7. The number of rotatable bonds is 4.